The van der Waals surface area contributed by atoms with Gasteiger partial charge in [0.25, 0.3) is 0 Å². The van der Waals surface area contributed by atoms with Crippen LogP contribution < -0.4 is 9.47 Å². The minimum atomic E-state index is 0.0503. The molecule has 0 saturated carbocycles. The van der Waals surface area contributed by atoms with Crippen molar-refractivity contribution >= 4 is 5.91 Å². The second kappa shape index (κ2) is 6.09. The highest BCUT2D eigenvalue weighted by Gasteiger charge is 2.23. The lowest BCUT2D eigenvalue weighted by molar-refractivity contribution is -0.131. The van der Waals surface area contributed by atoms with Crippen molar-refractivity contribution in [3.8, 4) is 11.5 Å². The van der Waals surface area contributed by atoms with Crippen molar-refractivity contribution in [2.75, 3.05) is 20.8 Å². The maximum absolute atomic E-state index is 12.3. The minimum Gasteiger partial charge on any atom is -0.493 e. The molecule has 0 aliphatic carbocycles. The van der Waals surface area contributed by atoms with Crippen molar-refractivity contribution in [1.82, 2.24) is 10.1 Å². The number of carbonyl (C=O) groups is 1. The molecular weight excluding hydrogens is 284 g/mol. The molecular formula is C16H18N2O4. The Morgan fingerprint density at radius 3 is 2.64 bits per heavy atom. The smallest absolute Gasteiger partial charge is 0.229 e. The van der Waals surface area contributed by atoms with Crippen molar-refractivity contribution in [2.45, 2.75) is 19.4 Å². The van der Waals surface area contributed by atoms with Crippen molar-refractivity contribution in [3.63, 3.8) is 0 Å². The van der Waals surface area contributed by atoms with E-state index in [1.54, 1.807) is 20.3 Å². The topological polar surface area (TPSA) is 64.8 Å². The molecule has 1 aliphatic heterocycles. The number of hydrogen-bond acceptors (Lipinski definition) is 5. The molecule has 1 aromatic heterocycles. The molecule has 2 heterocycles. The Hall–Kier alpha value is -2.50. The SMILES string of the molecule is COc1cc2c(cc1OC)CN(C(=O)Cc1ccon1)CC2. The Morgan fingerprint density at radius 1 is 1.27 bits per heavy atom. The van der Waals surface area contributed by atoms with Gasteiger partial charge in [-0.1, -0.05) is 5.16 Å². The summed E-state index contributed by atoms with van der Waals surface area (Å²) in [5.74, 6) is 1.46. The number of aromatic nitrogens is 1. The maximum atomic E-state index is 12.3. The largest absolute Gasteiger partial charge is 0.493 e. The van der Waals surface area contributed by atoms with Gasteiger partial charge in [-0.15, -0.1) is 0 Å². The summed E-state index contributed by atoms with van der Waals surface area (Å²) in [6, 6.07) is 5.65. The number of methoxy groups -OCH3 is 2. The van der Waals surface area contributed by atoms with Gasteiger partial charge in [0.1, 0.15) is 6.26 Å². The molecule has 0 unspecified atom stereocenters. The third kappa shape index (κ3) is 2.77. The molecule has 1 aromatic carbocycles. The van der Waals surface area contributed by atoms with E-state index in [4.69, 9.17) is 14.0 Å². The maximum Gasteiger partial charge on any atom is 0.229 e. The number of rotatable bonds is 4. The summed E-state index contributed by atoms with van der Waals surface area (Å²) in [6.07, 6.45) is 2.55. The number of ether oxygens (including phenoxy) is 2. The van der Waals surface area contributed by atoms with Crippen molar-refractivity contribution < 1.29 is 18.8 Å². The van der Waals surface area contributed by atoms with Crippen LogP contribution in [0.3, 0.4) is 0 Å². The molecule has 6 heteroatoms. The average Bonchev–Trinajstić information content (AvgIpc) is 3.05. The Labute approximate surface area is 128 Å². The van der Waals surface area contributed by atoms with E-state index in [1.165, 1.54) is 11.8 Å². The lowest BCUT2D eigenvalue weighted by atomic mass is 9.98. The first kappa shape index (κ1) is 14.4. The van der Waals surface area contributed by atoms with E-state index in [-0.39, 0.29) is 12.3 Å². The molecule has 0 N–H and O–H groups in total. The van der Waals surface area contributed by atoms with Gasteiger partial charge in [0, 0.05) is 19.2 Å². The van der Waals surface area contributed by atoms with Gasteiger partial charge in [0.2, 0.25) is 5.91 Å². The average molecular weight is 302 g/mol. The van der Waals surface area contributed by atoms with E-state index in [2.05, 4.69) is 5.16 Å². The number of nitrogens with zero attached hydrogens (tertiary/aromatic N) is 2. The monoisotopic (exact) mass is 302 g/mol. The molecule has 116 valence electrons. The van der Waals surface area contributed by atoms with Crippen LogP contribution in [0.4, 0.5) is 0 Å². The fourth-order valence-corrected chi connectivity index (χ4v) is 2.69. The van der Waals surface area contributed by atoms with Gasteiger partial charge in [-0.3, -0.25) is 4.79 Å². The molecule has 0 spiro atoms. The number of hydrogen-bond donors (Lipinski definition) is 0. The molecule has 2 aromatic rings. The normalized spacial score (nSPS) is 13.6. The van der Waals surface area contributed by atoms with Crippen molar-refractivity contribution in [1.29, 1.82) is 0 Å². The Morgan fingerprint density at radius 2 is 2.00 bits per heavy atom. The van der Waals surface area contributed by atoms with E-state index in [9.17, 15) is 4.79 Å². The third-order valence-electron chi connectivity index (χ3n) is 3.89. The molecule has 3 rings (SSSR count). The van der Waals surface area contributed by atoms with Gasteiger partial charge in [-0.2, -0.15) is 0 Å². The highest BCUT2D eigenvalue weighted by Crippen LogP contribution is 2.33. The molecule has 0 fully saturated rings. The summed E-state index contributed by atoms with van der Waals surface area (Å²) in [7, 11) is 3.24. The predicted molar refractivity (Wildman–Crippen MR) is 78.9 cm³/mol. The van der Waals surface area contributed by atoms with Crippen LogP contribution in [-0.4, -0.2) is 36.7 Å². The Kier molecular flexibility index (Phi) is 4.00. The number of amides is 1. The minimum absolute atomic E-state index is 0.0503. The van der Waals surface area contributed by atoms with E-state index < -0.39 is 0 Å². The molecule has 1 aliphatic rings. The predicted octanol–water partition coefficient (Wildman–Crippen LogP) is 1.82. The first-order valence-electron chi connectivity index (χ1n) is 7.12. The van der Waals surface area contributed by atoms with Crippen LogP contribution in [0.5, 0.6) is 11.5 Å². The van der Waals surface area contributed by atoms with Crippen LogP contribution in [0.1, 0.15) is 16.8 Å². The first-order chi connectivity index (χ1) is 10.7. The van der Waals surface area contributed by atoms with Crippen molar-refractivity contribution in [2.24, 2.45) is 0 Å². The van der Waals surface area contributed by atoms with E-state index in [0.29, 0.717) is 24.5 Å². The van der Waals surface area contributed by atoms with E-state index >= 15 is 0 Å². The second-order valence-electron chi connectivity index (χ2n) is 5.21. The van der Waals surface area contributed by atoms with Crippen LogP contribution in [0.2, 0.25) is 0 Å². The van der Waals surface area contributed by atoms with Crippen LogP contribution in [-0.2, 0) is 24.2 Å². The zero-order chi connectivity index (χ0) is 15.5. The number of fused-ring (bicyclic) bond motifs is 1. The summed E-state index contributed by atoms with van der Waals surface area (Å²) >= 11 is 0. The highest BCUT2D eigenvalue weighted by molar-refractivity contribution is 5.78. The van der Waals surface area contributed by atoms with Gasteiger partial charge >= 0.3 is 0 Å². The van der Waals surface area contributed by atoms with Crippen molar-refractivity contribution in [3.05, 3.63) is 41.3 Å². The third-order valence-corrected chi connectivity index (χ3v) is 3.89. The quantitative estimate of drug-likeness (QED) is 0.862. The number of carbonyl (C=O) groups excluding carboxylic acids is 1. The standard InChI is InChI=1S/C16H18N2O4/c1-20-14-7-11-3-5-18(10-12(11)8-15(14)21-2)16(19)9-13-4-6-22-17-13/h4,6-8H,3,5,9-10H2,1-2H3. The van der Waals surface area contributed by atoms with Gasteiger partial charge in [-0.05, 0) is 29.7 Å². The van der Waals surface area contributed by atoms with E-state index in [0.717, 1.165) is 17.7 Å². The summed E-state index contributed by atoms with van der Waals surface area (Å²) in [6.45, 7) is 1.27. The van der Waals surface area contributed by atoms with Gasteiger partial charge in [0.05, 0.1) is 26.3 Å². The summed E-state index contributed by atoms with van der Waals surface area (Å²) in [5, 5.41) is 3.79. The van der Waals surface area contributed by atoms with Crippen LogP contribution in [0, 0.1) is 0 Å². The van der Waals surface area contributed by atoms with Crippen LogP contribution in [0.25, 0.3) is 0 Å². The lowest BCUT2D eigenvalue weighted by Gasteiger charge is -2.29. The summed E-state index contributed by atoms with van der Waals surface area (Å²) in [5.41, 5.74) is 2.95. The van der Waals surface area contributed by atoms with Gasteiger partial charge in [0.15, 0.2) is 11.5 Å². The van der Waals surface area contributed by atoms with Crippen LogP contribution >= 0.6 is 0 Å². The Bertz CT molecular complexity index is 667. The molecule has 1 amide bonds. The summed E-state index contributed by atoms with van der Waals surface area (Å²) < 4.78 is 15.4. The van der Waals surface area contributed by atoms with E-state index in [1.807, 2.05) is 17.0 Å². The Balaban J connectivity index is 1.76. The highest BCUT2D eigenvalue weighted by atomic mass is 16.5. The first-order valence-corrected chi connectivity index (χ1v) is 7.12. The zero-order valence-corrected chi connectivity index (χ0v) is 12.7. The molecule has 6 nitrogen and oxygen atoms in total. The molecule has 0 radical (unpaired) electrons. The molecule has 0 atom stereocenters. The van der Waals surface area contributed by atoms with Crippen LogP contribution in [0.15, 0.2) is 29.0 Å². The zero-order valence-electron chi connectivity index (χ0n) is 12.7. The lowest BCUT2D eigenvalue weighted by Crippen LogP contribution is -2.37. The second-order valence-corrected chi connectivity index (χ2v) is 5.21. The molecule has 0 saturated heterocycles. The molecule has 0 bridgehead atoms. The fourth-order valence-electron chi connectivity index (χ4n) is 2.69. The van der Waals surface area contributed by atoms with Gasteiger partial charge < -0.3 is 18.9 Å². The molecule has 22 heavy (non-hydrogen) atoms. The number of benzene rings is 1. The fraction of sp³-hybridized carbons (Fsp3) is 0.375. The van der Waals surface area contributed by atoms with Gasteiger partial charge in [-0.25, -0.2) is 0 Å². The summed E-state index contributed by atoms with van der Waals surface area (Å²) in [4.78, 5) is 14.2.